The Morgan fingerprint density at radius 3 is 2.93 bits per heavy atom. The van der Waals surface area contributed by atoms with Crippen LogP contribution in [0, 0.1) is 0 Å². The number of rotatable bonds is 5. The fourth-order valence-electron chi connectivity index (χ4n) is 2.11. The van der Waals surface area contributed by atoms with Gasteiger partial charge in [0.05, 0.1) is 18.2 Å². The monoisotopic (exact) mass is 214 g/mol. The van der Waals surface area contributed by atoms with Crippen LogP contribution in [0.25, 0.3) is 0 Å². The van der Waals surface area contributed by atoms with Crippen LogP contribution in [0.5, 0.6) is 0 Å². The van der Waals surface area contributed by atoms with Gasteiger partial charge in [-0.25, -0.2) is 0 Å². The molecule has 0 aromatic carbocycles. The second kappa shape index (κ2) is 6.08. The minimum Gasteiger partial charge on any atom is -0.379 e. The van der Waals surface area contributed by atoms with Gasteiger partial charge in [0.2, 0.25) is 5.91 Å². The Morgan fingerprint density at radius 1 is 1.60 bits per heavy atom. The molecule has 4 nitrogen and oxygen atoms in total. The van der Waals surface area contributed by atoms with Crippen molar-refractivity contribution in [1.82, 2.24) is 5.32 Å². The van der Waals surface area contributed by atoms with Crippen LogP contribution in [0.2, 0.25) is 0 Å². The van der Waals surface area contributed by atoms with Crippen molar-refractivity contribution < 1.29 is 9.53 Å². The maximum Gasteiger partial charge on any atom is 0.237 e. The molecule has 1 fully saturated rings. The molecule has 15 heavy (non-hydrogen) atoms. The molecular weight excluding hydrogens is 192 g/mol. The molecule has 1 aliphatic carbocycles. The van der Waals surface area contributed by atoms with Crippen LogP contribution >= 0.6 is 0 Å². The van der Waals surface area contributed by atoms with E-state index in [0.29, 0.717) is 0 Å². The summed E-state index contributed by atoms with van der Waals surface area (Å²) in [5.74, 6) is -0.0363. The predicted molar refractivity (Wildman–Crippen MR) is 59.5 cm³/mol. The predicted octanol–water partition coefficient (Wildman–Crippen LogP) is 0.797. The molecule has 88 valence electrons. The highest BCUT2D eigenvalue weighted by Crippen LogP contribution is 2.21. The third-order valence-corrected chi connectivity index (χ3v) is 3.02. The first-order valence-corrected chi connectivity index (χ1v) is 5.77. The molecule has 0 radical (unpaired) electrons. The first-order chi connectivity index (χ1) is 7.19. The lowest BCUT2D eigenvalue weighted by Crippen LogP contribution is -2.48. The van der Waals surface area contributed by atoms with E-state index in [1.165, 1.54) is 0 Å². The minimum absolute atomic E-state index is 0.0363. The molecule has 1 aliphatic rings. The van der Waals surface area contributed by atoms with Gasteiger partial charge in [0.25, 0.3) is 0 Å². The lowest BCUT2D eigenvalue weighted by Gasteiger charge is -2.21. The van der Waals surface area contributed by atoms with Gasteiger partial charge in [0, 0.05) is 7.11 Å². The number of carbonyl (C=O) groups excluding carboxylic acids is 1. The standard InChI is InChI=1S/C11H22N2O2/c1-3-5-8(12)11(14)13-9-6-4-7-10(9)15-2/h8-10H,3-7,12H2,1-2H3,(H,13,14)/t8-,9+,10+/m0/s1. The van der Waals surface area contributed by atoms with Crippen LogP contribution in [0.3, 0.4) is 0 Å². The van der Waals surface area contributed by atoms with Gasteiger partial charge in [-0.2, -0.15) is 0 Å². The van der Waals surface area contributed by atoms with E-state index in [4.69, 9.17) is 10.5 Å². The summed E-state index contributed by atoms with van der Waals surface area (Å²) in [5.41, 5.74) is 5.74. The van der Waals surface area contributed by atoms with E-state index < -0.39 is 0 Å². The van der Waals surface area contributed by atoms with Crippen molar-refractivity contribution in [2.45, 2.75) is 57.2 Å². The highest BCUT2D eigenvalue weighted by atomic mass is 16.5. The molecular formula is C11H22N2O2. The van der Waals surface area contributed by atoms with Crippen LogP contribution in [-0.2, 0) is 9.53 Å². The van der Waals surface area contributed by atoms with Gasteiger partial charge >= 0.3 is 0 Å². The smallest absolute Gasteiger partial charge is 0.237 e. The molecule has 4 heteroatoms. The van der Waals surface area contributed by atoms with Crippen molar-refractivity contribution in [2.75, 3.05) is 7.11 Å². The molecule has 0 aliphatic heterocycles. The molecule has 0 aromatic rings. The van der Waals surface area contributed by atoms with E-state index in [9.17, 15) is 4.79 Å². The summed E-state index contributed by atoms with van der Waals surface area (Å²) >= 11 is 0. The summed E-state index contributed by atoms with van der Waals surface area (Å²) in [6.45, 7) is 2.03. The van der Waals surface area contributed by atoms with Crippen molar-refractivity contribution in [1.29, 1.82) is 0 Å². The first kappa shape index (κ1) is 12.5. The number of ether oxygens (including phenoxy) is 1. The average Bonchev–Trinajstić information content (AvgIpc) is 2.65. The van der Waals surface area contributed by atoms with E-state index in [1.54, 1.807) is 7.11 Å². The Labute approximate surface area is 91.5 Å². The molecule has 0 heterocycles. The molecule has 1 amide bonds. The van der Waals surface area contributed by atoms with Crippen LogP contribution in [0.15, 0.2) is 0 Å². The lowest BCUT2D eigenvalue weighted by atomic mass is 10.1. The van der Waals surface area contributed by atoms with Crippen LogP contribution in [0.1, 0.15) is 39.0 Å². The van der Waals surface area contributed by atoms with Crippen LogP contribution in [-0.4, -0.2) is 31.2 Å². The Morgan fingerprint density at radius 2 is 2.33 bits per heavy atom. The zero-order valence-corrected chi connectivity index (χ0v) is 9.66. The van der Waals surface area contributed by atoms with Gasteiger partial charge in [0.1, 0.15) is 0 Å². The quantitative estimate of drug-likeness (QED) is 0.711. The van der Waals surface area contributed by atoms with Crippen molar-refractivity contribution in [3.05, 3.63) is 0 Å². The molecule has 1 rings (SSSR count). The van der Waals surface area contributed by atoms with Gasteiger partial charge in [-0.05, 0) is 25.7 Å². The summed E-state index contributed by atoms with van der Waals surface area (Å²) in [6.07, 6.45) is 5.01. The molecule has 1 saturated carbocycles. The number of hydrogen-bond donors (Lipinski definition) is 2. The maximum atomic E-state index is 11.7. The molecule has 0 bridgehead atoms. The zero-order chi connectivity index (χ0) is 11.3. The Bertz CT molecular complexity index is 209. The number of hydrogen-bond acceptors (Lipinski definition) is 3. The molecule has 0 saturated heterocycles. The number of methoxy groups -OCH3 is 1. The Kier molecular flexibility index (Phi) is 5.05. The van der Waals surface area contributed by atoms with Crippen molar-refractivity contribution >= 4 is 5.91 Å². The summed E-state index contributed by atoms with van der Waals surface area (Å²) in [4.78, 5) is 11.7. The largest absolute Gasteiger partial charge is 0.379 e. The number of amides is 1. The van der Waals surface area contributed by atoms with Crippen molar-refractivity contribution in [2.24, 2.45) is 5.73 Å². The third kappa shape index (κ3) is 3.47. The van der Waals surface area contributed by atoms with Gasteiger partial charge in [-0.1, -0.05) is 13.3 Å². The highest BCUT2D eigenvalue weighted by molar-refractivity contribution is 5.81. The second-order valence-corrected chi connectivity index (χ2v) is 4.22. The van der Waals surface area contributed by atoms with Gasteiger partial charge in [-0.15, -0.1) is 0 Å². The van der Waals surface area contributed by atoms with Gasteiger partial charge < -0.3 is 15.8 Å². The second-order valence-electron chi connectivity index (χ2n) is 4.22. The number of nitrogens with two attached hydrogens (primary N) is 1. The SMILES string of the molecule is CCC[C@H](N)C(=O)N[C@@H]1CCC[C@H]1OC. The third-order valence-electron chi connectivity index (χ3n) is 3.02. The van der Waals surface area contributed by atoms with Gasteiger partial charge in [-0.3, -0.25) is 4.79 Å². The van der Waals surface area contributed by atoms with Crippen LogP contribution < -0.4 is 11.1 Å². The molecule has 0 unspecified atom stereocenters. The summed E-state index contributed by atoms with van der Waals surface area (Å²) in [6, 6.07) is -0.210. The molecule has 0 spiro atoms. The van der Waals surface area contributed by atoms with E-state index in [-0.39, 0.29) is 24.1 Å². The van der Waals surface area contributed by atoms with E-state index in [0.717, 1.165) is 32.1 Å². The maximum absolute atomic E-state index is 11.7. The summed E-state index contributed by atoms with van der Waals surface area (Å²) in [7, 11) is 1.70. The first-order valence-electron chi connectivity index (χ1n) is 5.77. The highest BCUT2D eigenvalue weighted by Gasteiger charge is 2.29. The molecule has 0 aromatic heterocycles. The fraction of sp³-hybridized carbons (Fsp3) is 0.909. The molecule has 3 atom stereocenters. The number of carbonyl (C=O) groups is 1. The average molecular weight is 214 g/mol. The Balaban J connectivity index is 2.36. The van der Waals surface area contributed by atoms with E-state index in [2.05, 4.69) is 5.32 Å². The van der Waals surface area contributed by atoms with E-state index >= 15 is 0 Å². The Hall–Kier alpha value is -0.610. The summed E-state index contributed by atoms with van der Waals surface area (Å²) in [5, 5.41) is 2.98. The fourth-order valence-corrected chi connectivity index (χ4v) is 2.11. The topological polar surface area (TPSA) is 64.4 Å². The van der Waals surface area contributed by atoms with Crippen molar-refractivity contribution in [3.63, 3.8) is 0 Å². The van der Waals surface area contributed by atoms with Crippen LogP contribution in [0.4, 0.5) is 0 Å². The number of nitrogens with one attached hydrogen (secondary N) is 1. The zero-order valence-electron chi connectivity index (χ0n) is 9.66. The minimum atomic E-state index is -0.367. The lowest BCUT2D eigenvalue weighted by molar-refractivity contribution is -0.124. The van der Waals surface area contributed by atoms with E-state index in [1.807, 2.05) is 6.92 Å². The summed E-state index contributed by atoms with van der Waals surface area (Å²) < 4.78 is 5.31. The normalized spacial score (nSPS) is 27.7. The van der Waals surface area contributed by atoms with Crippen molar-refractivity contribution in [3.8, 4) is 0 Å². The molecule has 3 N–H and O–H groups in total. The van der Waals surface area contributed by atoms with Gasteiger partial charge in [0.15, 0.2) is 0 Å².